The van der Waals surface area contributed by atoms with Crippen LogP contribution in [0.2, 0.25) is 0 Å². The summed E-state index contributed by atoms with van der Waals surface area (Å²) in [5, 5.41) is 7.85. The number of rotatable bonds is 9. The standard InChI is InChI=1S/C13H3F25O/c14-2(15,1-39)5(18,19)3(16,11(30,31)32)6(20,21)8(24,25)10(28,29)9(26,27)7(22,23)4(17,12(33,34)35)13(36,37)38/h39H,1H2. The van der Waals surface area contributed by atoms with E-state index in [0.29, 0.717) is 0 Å². The Balaban J connectivity index is 7.79. The monoisotopic (exact) mass is 650 g/mol. The second kappa shape index (κ2) is 8.85. The van der Waals surface area contributed by atoms with Crippen LogP contribution in [0.5, 0.6) is 0 Å². The summed E-state index contributed by atoms with van der Waals surface area (Å²) in [6.45, 7) is -3.98. The fourth-order valence-corrected chi connectivity index (χ4v) is 2.45. The minimum atomic E-state index is -9.77. The number of alkyl halides is 25. The highest BCUT2D eigenvalue weighted by Crippen LogP contribution is 2.69. The first-order valence-corrected chi connectivity index (χ1v) is 8.14. The smallest absolute Gasteiger partial charge is 0.390 e. The van der Waals surface area contributed by atoms with E-state index < -0.39 is 77.9 Å². The van der Waals surface area contributed by atoms with Gasteiger partial charge in [-0.3, -0.25) is 0 Å². The molecule has 26 heteroatoms. The van der Waals surface area contributed by atoms with Crippen LogP contribution in [-0.2, 0) is 0 Å². The maximum absolute atomic E-state index is 14.0. The van der Waals surface area contributed by atoms with Gasteiger partial charge in [0.2, 0.25) is 0 Å². The summed E-state index contributed by atoms with van der Waals surface area (Å²) in [4.78, 5) is 0. The molecule has 0 aliphatic heterocycles. The fraction of sp³-hybridized carbons (Fsp3) is 1.00. The molecule has 0 saturated heterocycles. The van der Waals surface area contributed by atoms with Crippen molar-refractivity contribution in [3.8, 4) is 0 Å². The van der Waals surface area contributed by atoms with E-state index in [0.717, 1.165) is 0 Å². The van der Waals surface area contributed by atoms with Gasteiger partial charge in [0.1, 0.15) is 6.61 Å². The van der Waals surface area contributed by atoms with Crippen molar-refractivity contribution in [3.63, 3.8) is 0 Å². The molecule has 0 bridgehead atoms. The Morgan fingerprint density at radius 1 is 0.282 bits per heavy atom. The molecule has 0 aliphatic carbocycles. The Morgan fingerprint density at radius 3 is 0.692 bits per heavy atom. The summed E-state index contributed by atoms with van der Waals surface area (Å²) < 4.78 is 328. The molecule has 0 rings (SSSR count). The average Bonchev–Trinajstić information content (AvgIpc) is 2.68. The maximum Gasteiger partial charge on any atom is 0.438 e. The van der Waals surface area contributed by atoms with E-state index >= 15 is 0 Å². The summed E-state index contributed by atoms with van der Waals surface area (Å²) in [6, 6.07) is 0. The summed E-state index contributed by atoms with van der Waals surface area (Å²) in [5.41, 5.74) is -18.5. The van der Waals surface area contributed by atoms with Gasteiger partial charge in [-0.25, -0.2) is 8.78 Å². The van der Waals surface area contributed by atoms with E-state index in [1.54, 1.807) is 0 Å². The van der Waals surface area contributed by atoms with E-state index in [9.17, 15) is 110 Å². The van der Waals surface area contributed by atoms with Crippen molar-refractivity contribution in [2.45, 2.75) is 71.3 Å². The third kappa shape index (κ3) is 4.22. The Labute approximate surface area is 194 Å². The largest absolute Gasteiger partial charge is 0.438 e. The van der Waals surface area contributed by atoms with Gasteiger partial charge in [0.05, 0.1) is 0 Å². The quantitative estimate of drug-likeness (QED) is 0.256. The van der Waals surface area contributed by atoms with Crippen molar-refractivity contribution in [1.82, 2.24) is 0 Å². The molecule has 0 amide bonds. The molecule has 0 aromatic rings. The van der Waals surface area contributed by atoms with Crippen LogP contribution in [-0.4, -0.2) is 83.0 Å². The minimum absolute atomic E-state index is 3.98. The second-order valence-corrected chi connectivity index (χ2v) is 7.12. The molecule has 0 aliphatic rings. The first kappa shape index (κ1) is 37.2. The zero-order valence-electron chi connectivity index (χ0n) is 16.6. The van der Waals surface area contributed by atoms with Crippen LogP contribution in [0.1, 0.15) is 0 Å². The van der Waals surface area contributed by atoms with E-state index in [1.165, 1.54) is 0 Å². The molecule has 1 atom stereocenters. The molecule has 0 radical (unpaired) electrons. The zero-order chi connectivity index (χ0) is 32.7. The minimum Gasteiger partial charge on any atom is -0.390 e. The number of hydrogen-bond acceptors (Lipinski definition) is 1. The molecule has 0 fully saturated rings. The second-order valence-electron chi connectivity index (χ2n) is 7.12. The lowest BCUT2D eigenvalue weighted by Gasteiger charge is -2.48. The maximum atomic E-state index is 14.0. The van der Waals surface area contributed by atoms with Gasteiger partial charge in [0.15, 0.2) is 0 Å². The van der Waals surface area contributed by atoms with Gasteiger partial charge in [0, 0.05) is 0 Å². The van der Waals surface area contributed by atoms with Crippen molar-refractivity contribution in [1.29, 1.82) is 0 Å². The van der Waals surface area contributed by atoms with Gasteiger partial charge < -0.3 is 5.11 Å². The summed E-state index contributed by atoms with van der Waals surface area (Å²) in [7, 11) is 0. The average molecular weight is 650 g/mol. The number of hydrogen-bond donors (Lipinski definition) is 1. The first-order chi connectivity index (χ1) is 16.3. The van der Waals surface area contributed by atoms with Crippen LogP contribution in [0.25, 0.3) is 0 Å². The van der Waals surface area contributed by atoms with E-state index in [4.69, 9.17) is 5.11 Å². The highest BCUT2D eigenvalue weighted by Gasteiger charge is 3.01. The molecule has 39 heavy (non-hydrogen) atoms. The van der Waals surface area contributed by atoms with Gasteiger partial charge in [-0.15, -0.1) is 0 Å². The van der Waals surface area contributed by atoms with E-state index in [-0.39, 0.29) is 0 Å². The summed E-state index contributed by atoms with van der Waals surface area (Å²) in [5.74, 6) is -64.6. The van der Waals surface area contributed by atoms with Crippen molar-refractivity contribution in [3.05, 3.63) is 0 Å². The van der Waals surface area contributed by atoms with Crippen molar-refractivity contribution in [2.75, 3.05) is 6.61 Å². The van der Waals surface area contributed by atoms with Crippen molar-refractivity contribution >= 4 is 0 Å². The van der Waals surface area contributed by atoms with Crippen LogP contribution in [0.3, 0.4) is 0 Å². The summed E-state index contributed by atoms with van der Waals surface area (Å²) in [6.07, 6.45) is -26.1. The van der Waals surface area contributed by atoms with Crippen LogP contribution in [0.4, 0.5) is 110 Å². The lowest BCUT2D eigenvalue weighted by Crippen LogP contribution is -2.81. The Kier molecular flexibility index (Phi) is 8.45. The predicted octanol–water partition coefficient (Wildman–Crippen LogP) is 7.53. The van der Waals surface area contributed by atoms with Gasteiger partial charge in [0.25, 0.3) is 0 Å². The first-order valence-electron chi connectivity index (χ1n) is 8.14. The molecule has 0 saturated carbocycles. The number of halogens is 25. The van der Waals surface area contributed by atoms with Crippen LogP contribution in [0, 0.1) is 0 Å². The normalized spacial score (nSPS) is 18.3. The SMILES string of the molecule is OCC(F)(F)C(F)(F)C(F)(C(F)(F)F)C(F)(F)C(F)(F)C(F)(F)C(F)(F)C(F)(F)C(F)(C(F)(F)F)C(F)(F)F. The fourth-order valence-electron chi connectivity index (χ4n) is 2.45. The Hall–Kier alpha value is -1.79. The van der Waals surface area contributed by atoms with Crippen molar-refractivity contribution < 1.29 is 115 Å². The molecular formula is C13H3F25O. The predicted molar refractivity (Wildman–Crippen MR) is 67.6 cm³/mol. The topological polar surface area (TPSA) is 20.2 Å². The van der Waals surface area contributed by atoms with E-state index in [2.05, 4.69) is 0 Å². The summed E-state index contributed by atoms with van der Waals surface area (Å²) >= 11 is 0. The Morgan fingerprint density at radius 2 is 0.487 bits per heavy atom. The molecule has 236 valence electrons. The number of aliphatic hydroxyl groups excluding tert-OH is 1. The van der Waals surface area contributed by atoms with Gasteiger partial charge >= 0.3 is 71.3 Å². The molecule has 0 heterocycles. The molecule has 0 spiro atoms. The molecule has 1 nitrogen and oxygen atoms in total. The number of aliphatic hydroxyl groups is 1. The van der Waals surface area contributed by atoms with Gasteiger partial charge in [-0.05, 0) is 0 Å². The lowest BCUT2D eigenvalue weighted by molar-refractivity contribution is -0.486. The van der Waals surface area contributed by atoms with Crippen LogP contribution >= 0.6 is 0 Å². The van der Waals surface area contributed by atoms with Crippen LogP contribution in [0.15, 0.2) is 0 Å². The molecule has 0 aromatic heterocycles. The third-order valence-electron chi connectivity index (χ3n) is 4.71. The third-order valence-corrected chi connectivity index (χ3v) is 4.71. The van der Waals surface area contributed by atoms with Gasteiger partial charge in [-0.2, -0.15) is 101 Å². The molecule has 0 aromatic carbocycles. The highest BCUT2D eigenvalue weighted by molar-refractivity contribution is 5.24. The zero-order valence-corrected chi connectivity index (χ0v) is 16.6. The van der Waals surface area contributed by atoms with Crippen molar-refractivity contribution in [2.24, 2.45) is 0 Å². The van der Waals surface area contributed by atoms with E-state index in [1.807, 2.05) is 0 Å². The Bertz CT molecular complexity index is 873. The molecular weight excluding hydrogens is 647 g/mol. The lowest BCUT2D eigenvalue weighted by atomic mass is 9.77. The van der Waals surface area contributed by atoms with Crippen LogP contribution < -0.4 is 0 Å². The molecule has 1 unspecified atom stereocenters. The van der Waals surface area contributed by atoms with Gasteiger partial charge in [-0.1, -0.05) is 0 Å². The highest BCUT2D eigenvalue weighted by atomic mass is 19.4. The molecule has 1 N–H and O–H groups in total.